The average molecular weight is 366 g/mol. The number of hydrogen-bond donors (Lipinski definition) is 0. The fraction of sp³-hybridized carbons (Fsp3) is 0.0435. The van der Waals surface area contributed by atoms with E-state index in [1.807, 2.05) is 44.2 Å². The molecule has 0 amide bonds. The summed E-state index contributed by atoms with van der Waals surface area (Å²) in [5.41, 5.74) is 3.70. The summed E-state index contributed by atoms with van der Waals surface area (Å²) in [5, 5.41) is 0. The monoisotopic (exact) mass is 366 g/mol. The predicted molar refractivity (Wildman–Crippen MR) is 97.2 cm³/mol. The molecule has 2 aliphatic carbocycles. The van der Waals surface area contributed by atoms with Gasteiger partial charge in [-0.25, -0.2) is 0 Å². The molecule has 1 aliphatic heterocycles. The fourth-order valence-electron chi connectivity index (χ4n) is 3.09. The molecule has 0 aromatic heterocycles. The van der Waals surface area contributed by atoms with Crippen molar-refractivity contribution >= 4 is 0 Å². The molecule has 3 aliphatic rings. The van der Waals surface area contributed by atoms with E-state index in [9.17, 15) is 0 Å². The molecule has 2 aromatic carbocycles. The van der Waals surface area contributed by atoms with Gasteiger partial charge in [0.25, 0.3) is 0 Å². The number of hydrogen-bond acceptors (Lipinski definition) is 1. The van der Waals surface area contributed by atoms with Crippen LogP contribution in [0.2, 0.25) is 0 Å². The molecule has 2 heteroatoms. The van der Waals surface area contributed by atoms with Crippen molar-refractivity contribution < 1.29 is 21.8 Å². The maximum Gasteiger partial charge on any atom is 2.00 e. The second-order valence-corrected chi connectivity index (χ2v) is 5.76. The SMILES string of the molecule is [CH]1[CH][CH][CH][CH]1.[CH]1[CH][CH][C](C2Oc3ccccc3-c3ccccc32)[CH]1.[Fe+2]. The molecular formula is C23H18FeO+2. The zero-order valence-corrected chi connectivity index (χ0v) is 14.8. The molecule has 1 heterocycles. The minimum absolute atomic E-state index is 0. The van der Waals surface area contributed by atoms with Gasteiger partial charge in [-0.1, -0.05) is 42.5 Å². The maximum atomic E-state index is 6.20. The fourth-order valence-corrected chi connectivity index (χ4v) is 3.09. The van der Waals surface area contributed by atoms with E-state index < -0.39 is 0 Å². The Labute approximate surface area is 162 Å². The van der Waals surface area contributed by atoms with Crippen molar-refractivity contribution in [1.29, 1.82) is 0 Å². The van der Waals surface area contributed by atoms with Crippen LogP contribution < -0.4 is 4.74 Å². The number of benzene rings is 2. The number of rotatable bonds is 1. The second kappa shape index (κ2) is 8.92. The number of fused-ring (bicyclic) bond motifs is 3. The minimum atomic E-state index is 0. The third-order valence-corrected chi connectivity index (χ3v) is 4.21. The topological polar surface area (TPSA) is 9.23 Å². The molecule has 0 spiro atoms. The number of para-hydroxylation sites is 1. The van der Waals surface area contributed by atoms with E-state index in [4.69, 9.17) is 4.74 Å². The first-order chi connectivity index (χ1) is 11.9. The summed E-state index contributed by atoms with van der Waals surface area (Å²) < 4.78 is 6.20. The summed E-state index contributed by atoms with van der Waals surface area (Å²) in [4.78, 5) is 0. The Bertz CT molecular complexity index is 664. The zero-order chi connectivity index (χ0) is 16.2. The molecular weight excluding hydrogens is 348 g/mol. The molecule has 5 rings (SSSR count). The van der Waals surface area contributed by atoms with E-state index in [1.54, 1.807) is 0 Å². The van der Waals surface area contributed by atoms with Gasteiger partial charge in [0.05, 0.1) is 0 Å². The summed E-state index contributed by atoms with van der Waals surface area (Å²) in [6.07, 6.45) is 18.4. The molecule has 2 aromatic rings. The molecule has 0 N–H and O–H groups in total. The third-order valence-electron chi connectivity index (χ3n) is 4.21. The Morgan fingerprint density at radius 3 is 1.84 bits per heavy atom. The minimum Gasteiger partial charge on any atom is -0.484 e. The van der Waals surface area contributed by atoms with Crippen LogP contribution in [0, 0.1) is 63.7 Å². The van der Waals surface area contributed by atoms with Crippen molar-refractivity contribution in [3.05, 3.63) is 118 Å². The molecule has 1 unspecified atom stereocenters. The Morgan fingerprint density at radius 1 is 0.600 bits per heavy atom. The predicted octanol–water partition coefficient (Wildman–Crippen LogP) is 5.21. The van der Waals surface area contributed by atoms with Crippen LogP contribution in [0.4, 0.5) is 0 Å². The normalized spacial score (nSPS) is 21.2. The molecule has 25 heavy (non-hydrogen) atoms. The van der Waals surface area contributed by atoms with Gasteiger partial charge in [-0.15, -0.1) is 0 Å². The van der Waals surface area contributed by atoms with Crippen molar-refractivity contribution in [3.8, 4) is 16.9 Å². The van der Waals surface area contributed by atoms with Crippen LogP contribution in [0.3, 0.4) is 0 Å². The maximum absolute atomic E-state index is 6.20. The third kappa shape index (κ3) is 4.13. The summed E-state index contributed by atoms with van der Waals surface area (Å²) in [7, 11) is 0. The average Bonchev–Trinajstić information content (AvgIpc) is 3.37. The molecule has 1 nitrogen and oxygen atoms in total. The second-order valence-electron chi connectivity index (χ2n) is 5.76. The summed E-state index contributed by atoms with van der Waals surface area (Å²) in [6.45, 7) is 0. The van der Waals surface area contributed by atoms with Gasteiger partial charge < -0.3 is 4.74 Å². The van der Waals surface area contributed by atoms with Crippen LogP contribution >= 0.6 is 0 Å². The van der Waals surface area contributed by atoms with Crippen molar-refractivity contribution in [2.75, 3.05) is 0 Å². The van der Waals surface area contributed by atoms with E-state index in [2.05, 4.69) is 62.1 Å². The molecule has 0 saturated heterocycles. The largest absolute Gasteiger partial charge is 2.00 e. The Morgan fingerprint density at radius 2 is 1.16 bits per heavy atom. The van der Waals surface area contributed by atoms with E-state index in [0.717, 1.165) is 5.75 Å². The van der Waals surface area contributed by atoms with Crippen LogP contribution in [0.1, 0.15) is 11.7 Å². The quantitative estimate of drug-likeness (QED) is 0.630. The van der Waals surface area contributed by atoms with Crippen LogP contribution in [0.5, 0.6) is 5.75 Å². The van der Waals surface area contributed by atoms with Crippen molar-refractivity contribution in [3.63, 3.8) is 0 Å². The summed E-state index contributed by atoms with van der Waals surface area (Å²) >= 11 is 0. The summed E-state index contributed by atoms with van der Waals surface area (Å²) in [5.74, 6) is 2.18. The van der Waals surface area contributed by atoms with E-state index in [1.165, 1.54) is 22.6 Å². The first-order valence-electron chi connectivity index (χ1n) is 8.17. The molecule has 2 saturated carbocycles. The van der Waals surface area contributed by atoms with Crippen LogP contribution in [0.15, 0.2) is 48.5 Å². The van der Waals surface area contributed by atoms with Crippen molar-refractivity contribution in [2.45, 2.75) is 6.10 Å². The Kier molecular flexibility index (Phi) is 6.62. The van der Waals surface area contributed by atoms with E-state index in [0.29, 0.717) is 0 Å². The smallest absolute Gasteiger partial charge is 0.484 e. The van der Waals surface area contributed by atoms with Gasteiger partial charge in [0, 0.05) is 17.0 Å². The molecule has 10 radical (unpaired) electrons. The standard InChI is InChI=1S/C18H13O.C5H5.Fe/c1-2-8-13(7-1)18-16-11-4-3-9-14(16)15-10-5-6-12-17(15)19-18;1-2-4-5-3-1;/h1-12,18H;1-5H;/q;;+2. The van der Waals surface area contributed by atoms with Crippen LogP contribution in [0.25, 0.3) is 11.1 Å². The first kappa shape index (κ1) is 18.5. The van der Waals surface area contributed by atoms with Crippen LogP contribution in [-0.4, -0.2) is 0 Å². The zero-order valence-electron chi connectivity index (χ0n) is 13.7. The molecule has 1 atom stereocenters. The van der Waals surface area contributed by atoms with Gasteiger partial charge in [0.2, 0.25) is 0 Å². The molecule has 2 fully saturated rings. The first-order valence-corrected chi connectivity index (χ1v) is 8.17. The van der Waals surface area contributed by atoms with Crippen molar-refractivity contribution in [1.82, 2.24) is 0 Å². The van der Waals surface area contributed by atoms with Crippen LogP contribution in [-0.2, 0) is 17.1 Å². The van der Waals surface area contributed by atoms with Gasteiger partial charge in [-0.05, 0) is 69.4 Å². The van der Waals surface area contributed by atoms with E-state index in [-0.39, 0.29) is 23.2 Å². The van der Waals surface area contributed by atoms with E-state index >= 15 is 0 Å². The van der Waals surface area contributed by atoms with Gasteiger partial charge in [0.15, 0.2) is 0 Å². The van der Waals surface area contributed by atoms with Gasteiger partial charge in [0.1, 0.15) is 11.9 Å². The van der Waals surface area contributed by atoms with Gasteiger partial charge in [-0.3, -0.25) is 0 Å². The summed E-state index contributed by atoms with van der Waals surface area (Å²) in [6, 6.07) is 16.7. The molecule has 122 valence electrons. The van der Waals surface area contributed by atoms with Gasteiger partial charge in [-0.2, -0.15) is 0 Å². The Hall–Kier alpha value is -1.24. The molecule has 0 bridgehead atoms. The van der Waals surface area contributed by atoms with Gasteiger partial charge >= 0.3 is 17.1 Å². The Balaban J connectivity index is 0.000000264. The van der Waals surface area contributed by atoms with Crippen molar-refractivity contribution in [2.24, 2.45) is 0 Å². The number of ether oxygens (including phenoxy) is 1.